The van der Waals surface area contributed by atoms with Crippen molar-refractivity contribution in [1.82, 2.24) is 4.98 Å². The molecule has 0 saturated heterocycles. The maximum absolute atomic E-state index is 12.2. The fourth-order valence-electron chi connectivity index (χ4n) is 3.12. The lowest BCUT2D eigenvalue weighted by atomic mass is 10.1. The Bertz CT molecular complexity index is 1160. The second-order valence-electron chi connectivity index (χ2n) is 7.14. The number of ketones is 1. The molecule has 0 bridgehead atoms. The average Bonchev–Trinajstić information content (AvgIpc) is 3.22. The van der Waals surface area contributed by atoms with E-state index in [4.69, 9.17) is 9.15 Å². The molecule has 156 valence electrons. The summed E-state index contributed by atoms with van der Waals surface area (Å²) in [5.41, 5.74) is 3.76. The first-order valence-electron chi connectivity index (χ1n) is 10.1. The Kier molecular flexibility index (Phi) is 6.08. The molecule has 1 heterocycles. The highest BCUT2D eigenvalue weighted by Gasteiger charge is 2.08. The van der Waals surface area contributed by atoms with Crippen molar-refractivity contribution in [2.24, 2.45) is 0 Å². The third kappa shape index (κ3) is 5.17. The Balaban J connectivity index is 1.24. The van der Waals surface area contributed by atoms with Gasteiger partial charge in [-0.2, -0.15) is 0 Å². The summed E-state index contributed by atoms with van der Waals surface area (Å²) in [5, 5.41) is 2.88. The monoisotopic (exact) mass is 414 g/mol. The van der Waals surface area contributed by atoms with Crippen molar-refractivity contribution in [3.05, 3.63) is 78.4 Å². The number of anilines is 1. The van der Waals surface area contributed by atoms with Gasteiger partial charge in [0, 0.05) is 23.2 Å². The van der Waals surface area contributed by atoms with E-state index < -0.39 is 0 Å². The number of carbonyl (C=O) groups excluding carboxylic acids is 2. The van der Waals surface area contributed by atoms with E-state index >= 15 is 0 Å². The number of fused-ring (bicyclic) bond motifs is 1. The number of ether oxygens (including phenoxy) is 1. The van der Waals surface area contributed by atoms with Crippen LogP contribution >= 0.6 is 0 Å². The van der Waals surface area contributed by atoms with Crippen LogP contribution in [0.15, 0.2) is 77.2 Å². The second-order valence-corrected chi connectivity index (χ2v) is 7.14. The van der Waals surface area contributed by atoms with E-state index in [0.717, 1.165) is 16.7 Å². The molecule has 0 aliphatic rings. The number of hydrogen-bond donors (Lipinski definition) is 1. The van der Waals surface area contributed by atoms with Crippen LogP contribution < -0.4 is 10.1 Å². The minimum Gasteiger partial charge on any atom is -0.494 e. The number of amides is 1. The number of oxazole rings is 1. The summed E-state index contributed by atoms with van der Waals surface area (Å²) in [6.07, 6.45) is 0.930. The van der Waals surface area contributed by atoms with Crippen LogP contribution in [0.5, 0.6) is 5.75 Å². The molecule has 0 fully saturated rings. The van der Waals surface area contributed by atoms with Gasteiger partial charge in [-0.1, -0.05) is 12.1 Å². The molecule has 1 N–H and O–H groups in total. The van der Waals surface area contributed by atoms with Gasteiger partial charge in [-0.3, -0.25) is 9.59 Å². The van der Waals surface area contributed by atoms with E-state index in [1.807, 2.05) is 48.5 Å². The van der Waals surface area contributed by atoms with E-state index in [0.29, 0.717) is 42.3 Å². The number of benzene rings is 3. The van der Waals surface area contributed by atoms with Gasteiger partial charge in [0.25, 0.3) is 0 Å². The fraction of sp³-hybridized carbons (Fsp3) is 0.160. The Morgan fingerprint density at radius 3 is 2.42 bits per heavy atom. The summed E-state index contributed by atoms with van der Waals surface area (Å²) in [6.45, 7) is 1.95. The summed E-state index contributed by atoms with van der Waals surface area (Å²) >= 11 is 0. The molecule has 0 aliphatic carbocycles. The van der Waals surface area contributed by atoms with Gasteiger partial charge in [0.2, 0.25) is 11.8 Å². The Hall–Kier alpha value is -3.93. The zero-order chi connectivity index (χ0) is 21.6. The molecule has 31 heavy (non-hydrogen) atoms. The minimum atomic E-state index is -0.0786. The lowest BCUT2D eigenvalue weighted by Crippen LogP contribution is -2.12. The third-order valence-electron chi connectivity index (χ3n) is 4.79. The zero-order valence-corrected chi connectivity index (χ0v) is 17.1. The molecule has 4 rings (SSSR count). The second kappa shape index (κ2) is 9.26. The molecule has 6 heteroatoms. The number of rotatable bonds is 8. The van der Waals surface area contributed by atoms with Gasteiger partial charge in [0.15, 0.2) is 11.4 Å². The highest BCUT2D eigenvalue weighted by atomic mass is 16.5. The SMILES string of the molecule is CC(=O)c1ccc(OCCCC(=O)Nc2ccc(-c3nc4ccccc4o3)cc2)cc1. The van der Waals surface area contributed by atoms with Gasteiger partial charge in [0.05, 0.1) is 6.61 Å². The molecule has 0 atom stereocenters. The zero-order valence-electron chi connectivity index (χ0n) is 17.1. The lowest BCUT2D eigenvalue weighted by Gasteiger charge is -2.08. The van der Waals surface area contributed by atoms with Crippen molar-refractivity contribution in [3.63, 3.8) is 0 Å². The molecule has 0 spiro atoms. The third-order valence-corrected chi connectivity index (χ3v) is 4.79. The standard InChI is InChI=1S/C25H22N2O4/c1-17(28)18-10-14-21(15-11-18)30-16-4-7-24(29)26-20-12-8-19(9-13-20)25-27-22-5-2-3-6-23(22)31-25/h2-3,5-6,8-15H,4,7,16H2,1H3,(H,26,29). The predicted octanol–water partition coefficient (Wildman–Crippen LogP) is 5.50. The van der Waals surface area contributed by atoms with Crippen molar-refractivity contribution in [3.8, 4) is 17.2 Å². The first-order chi connectivity index (χ1) is 15.1. The van der Waals surface area contributed by atoms with Crippen LogP contribution in [0.2, 0.25) is 0 Å². The van der Waals surface area contributed by atoms with Crippen LogP contribution in [0, 0.1) is 0 Å². The largest absolute Gasteiger partial charge is 0.494 e. The van der Waals surface area contributed by atoms with E-state index in [1.165, 1.54) is 6.92 Å². The number of nitrogens with zero attached hydrogens (tertiary/aromatic N) is 1. The maximum atomic E-state index is 12.2. The molecule has 3 aromatic carbocycles. The molecule has 1 aromatic heterocycles. The van der Waals surface area contributed by atoms with E-state index in [-0.39, 0.29) is 11.7 Å². The topological polar surface area (TPSA) is 81.4 Å². The van der Waals surface area contributed by atoms with Crippen LogP contribution in [0.4, 0.5) is 5.69 Å². The molecule has 0 unspecified atom stereocenters. The Morgan fingerprint density at radius 1 is 0.968 bits per heavy atom. The summed E-state index contributed by atoms with van der Waals surface area (Å²) in [4.78, 5) is 27.9. The smallest absolute Gasteiger partial charge is 0.227 e. The van der Waals surface area contributed by atoms with Crippen molar-refractivity contribution in [2.45, 2.75) is 19.8 Å². The predicted molar refractivity (Wildman–Crippen MR) is 119 cm³/mol. The number of nitrogens with one attached hydrogen (secondary N) is 1. The molecule has 4 aromatic rings. The van der Waals surface area contributed by atoms with E-state index in [2.05, 4.69) is 10.3 Å². The number of para-hydroxylation sites is 2. The molecule has 0 saturated carbocycles. The molecule has 6 nitrogen and oxygen atoms in total. The van der Waals surface area contributed by atoms with Crippen molar-refractivity contribution in [2.75, 3.05) is 11.9 Å². The summed E-state index contributed by atoms with van der Waals surface area (Å²) < 4.78 is 11.4. The summed E-state index contributed by atoms with van der Waals surface area (Å²) in [5.74, 6) is 1.17. The molecular weight excluding hydrogens is 392 g/mol. The van der Waals surface area contributed by atoms with Crippen LogP contribution in [0.3, 0.4) is 0 Å². The Labute approximate surface area is 179 Å². The number of carbonyl (C=O) groups is 2. The molecule has 0 aliphatic heterocycles. The summed E-state index contributed by atoms with van der Waals surface area (Å²) in [6, 6.07) is 22.0. The number of Topliss-reactive ketones (excluding diaryl/α,β-unsaturated/α-hetero) is 1. The van der Waals surface area contributed by atoms with Gasteiger partial charge in [-0.05, 0) is 74.0 Å². The number of aromatic nitrogens is 1. The van der Waals surface area contributed by atoms with Gasteiger partial charge in [0.1, 0.15) is 11.3 Å². The van der Waals surface area contributed by atoms with Crippen molar-refractivity contribution < 1.29 is 18.7 Å². The molecule has 0 radical (unpaired) electrons. The van der Waals surface area contributed by atoms with Crippen LogP contribution in [-0.2, 0) is 4.79 Å². The normalized spacial score (nSPS) is 10.7. The first-order valence-corrected chi connectivity index (χ1v) is 10.1. The van der Waals surface area contributed by atoms with Gasteiger partial charge in [-0.25, -0.2) is 4.98 Å². The lowest BCUT2D eigenvalue weighted by molar-refractivity contribution is -0.116. The highest BCUT2D eigenvalue weighted by Crippen LogP contribution is 2.25. The number of hydrogen-bond acceptors (Lipinski definition) is 5. The van der Waals surface area contributed by atoms with Crippen molar-refractivity contribution >= 4 is 28.5 Å². The maximum Gasteiger partial charge on any atom is 0.227 e. The Morgan fingerprint density at radius 2 is 1.71 bits per heavy atom. The minimum absolute atomic E-state index is 0.0186. The first kappa shape index (κ1) is 20.3. The van der Waals surface area contributed by atoms with Gasteiger partial charge >= 0.3 is 0 Å². The highest BCUT2D eigenvalue weighted by molar-refractivity contribution is 5.94. The van der Waals surface area contributed by atoms with E-state index in [9.17, 15) is 9.59 Å². The average molecular weight is 414 g/mol. The fourth-order valence-corrected chi connectivity index (χ4v) is 3.12. The summed E-state index contributed by atoms with van der Waals surface area (Å²) in [7, 11) is 0. The van der Waals surface area contributed by atoms with E-state index in [1.54, 1.807) is 24.3 Å². The molecule has 1 amide bonds. The van der Waals surface area contributed by atoms with Crippen LogP contribution in [-0.4, -0.2) is 23.3 Å². The van der Waals surface area contributed by atoms with Gasteiger partial charge < -0.3 is 14.5 Å². The quantitative estimate of drug-likeness (QED) is 0.304. The van der Waals surface area contributed by atoms with Gasteiger partial charge in [-0.15, -0.1) is 0 Å². The van der Waals surface area contributed by atoms with Crippen LogP contribution in [0.1, 0.15) is 30.1 Å². The van der Waals surface area contributed by atoms with Crippen LogP contribution in [0.25, 0.3) is 22.6 Å². The molecular formula is C25H22N2O4. The van der Waals surface area contributed by atoms with Crippen molar-refractivity contribution in [1.29, 1.82) is 0 Å².